The summed E-state index contributed by atoms with van der Waals surface area (Å²) in [6, 6.07) is 1.54. The van der Waals surface area contributed by atoms with Crippen molar-refractivity contribution in [3.63, 3.8) is 0 Å². The van der Waals surface area contributed by atoms with Crippen LogP contribution in [-0.4, -0.2) is 34.5 Å². The minimum Gasteiger partial charge on any atom is -0.241 e. The number of nitrogens with zero attached hydrogens (tertiary/aromatic N) is 1. The first-order chi connectivity index (χ1) is 4.20. The average Bonchev–Trinajstić information content (AvgIpc) is 1.80. The summed E-state index contributed by atoms with van der Waals surface area (Å²) in [5.41, 5.74) is 0. The molecular formula is C5H2Cl3NNa. The summed E-state index contributed by atoms with van der Waals surface area (Å²) in [5.74, 6) is 0. The molecule has 0 amide bonds. The Hall–Kier alpha value is 1.02. The Labute approximate surface area is 96.0 Å². The van der Waals surface area contributed by atoms with E-state index in [-0.39, 0.29) is 34.7 Å². The van der Waals surface area contributed by atoms with E-state index in [2.05, 4.69) is 4.98 Å². The summed E-state index contributed by atoms with van der Waals surface area (Å²) < 4.78 is 0. The molecule has 0 unspecified atom stereocenters. The predicted molar refractivity (Wildman–Crippen MR) is 45.0 cm³/mol. The van der Waals surface area contributed by atoms with Crippen LogP contribution in [0.3, 0.4) is 0 Å². The maximum absolute atomic E-state index is 5.54. The van der Waals surface area contributed by atoms with E-state index in [1.54, 1.807) is 6.07 Å². The number of pyridine rings is 1. The maximum Gasteiger partial charge on any atom is 0.147 e. The molecule has 0 bridgehead atoms. The molecule has 1 nitrogen and oxygen atoms in total. The van der Waals surface area contributed by atoms with Crippen LogP contribution in [0.4, 0.5) is 0 Å². The second-order valence-electron chi connectivity index (χ2n) is 1.43. The number of hydrogen-bond donors (Lipinski definition) is 0. The zero-order valence-corrected chi connectivity index (χ0v) is 9.50. The first kappa shape index (κ1) is 11.0. The van der Waals surface area contributed by atoms with Crippen LogP contribution < -0.4 is 0 Å². The van der Waals surface area contributed by atoms with Crippen molar-refractivity contribution in [2.45, 2.75) is 0 Å². The summed E-state index contributed by atoms with van der Waals surface area (Å²) in [5, 5.41) is 1.15. The van der Waals surface area contributed by atoms with E-state index in [0.29, 0.717) is 10.0 Å². The van der Waals surface area contributed by atoms with Crippen molar-refractivity contribution in [1.29, 1.82) is 0 Å². The van der Waals surface area contributed by atoms with Crippen molar-refractivity contribution in [3.8, 4) is 0 Å². The Balaban J connectivity index is 0.000000810. The van der Waals surface area contributed by atoms with E-state index in [4.69, 9.17) is 34.8 Å². The molecule has 0 fully saturated rings. The Morgan fingerprint density at radius 1 is 1.20 bits per heavy atom. The Morgan fingerprint density at radius 2 is 1.80 bits per heavy atom. The van der Waals surface area contributed by atoms with Crippen LogP contribution in [0.5, 0.6) is 0 Å². The summed E-state index contributed by atoms with van der Waals surface area (Å²) in [6.07, 6.45) is 1.44. The smallest absolute Gasteiger partial charge is 0.147 e. The predicted octanol–water partition coefficient (Wildman–Crippen LogP) is 2.66. The van der Waals surface area contributed by atoms with E-state index >= 15 is 0 Å². The first-order valence-electron chi connectivity index (χ1n) is 2.16. The maximum atomic E-state index is 5.54. The van der Waals surface area contributed by atoms with Crippen LogP contribution in [0.2, 0.25) is 15.2 Å². The zero-order chi connectivity index (χ0) is 6.85. The molecular weight excluding hydrogens is 203 g/mol. The van der Waals surface area contributed by atoms with Crippen LogP contribution in [0.25, 0.3) is 0 Å². The number of aromatic nitrogens is 1. The SMILES string of the molecule is Clc1cnc(Cl)c(Cl)c1.[Na]. The zero-order valence-electron chi connectivity index (χ0n) is 5.24. The Morgan fingerprint density at radius 3 is 2.20 bits per heavy atom. The van der Waals surface area contributed by atoms with Gasteiger partial charge in [-0.15, -0.1) is 0 Å². The Bertz CT molecular complexity index is 228. The third-order valence-corrected chi connectivity index (χ3v) is 1.66. The van der Waals surface area contributed by atoms with Gasteiger partial charge in [0.2, 0.25) is 0 Å². The number of rotatable bonds is 0. The molecule has 0 saturated carbocycles. The Kier molecular flexibility index (Phi) is 5.30. The van der Waals surface area contributed by atoms with Crippen LogP contribution >= 0.6 is 34.8 Å². The van der Waals surface area contributed by atoms with Crippen LogP contribution in [0, 0.1) is 0 Å². The second kappa shape index (κ2) is 4.81. The number of hydrogen-bond acceptors (Lipinski definition) is 1. The minimum atomic E-state index is 0. The van der Waals surface area contributed by atoms with Gasteiger partial charge in [0.05, 0.1) is 10.0 Å². The summed E-state index contributed by atoms with van der Waals surface area (Å²) >= 11 is 16.5. The van der Waals surface area contributed by atoms with Crippen molar-refractivity contribution in [3.05, 3.63) is 27.5 Å². The van der Waals surface area contributed by atoms with Crippen molar-refractivity contribution >= 4 is 64.4 Å². The van der Waals surface area contributed by atoms with Gasteiger partial charge >= 0.3 is 0 Å². The van der Waals surface area contributed by atoms with Gasteiger partial charge in [0.25, 0.3) is 0 Å². The molecule has 0 spiro atoms. The largest absolute Gasteiger partial charge is 0.241 e. The van der Waals surface area contributed by atoms with E-state index in [1.807, 2.05) is 0 Å². The molecule has 1 rings (SSSR count). The van der Waals surface area contributed by atoms with E-state index < -0.39 is 0 Å². The standard InChI is InChI=1S/C5H2Cl3N.Na/c6-3-1-4(7)5(8)9-2-3;/h1-2H;. The van der Waals surface area contributed by atoms with E-state index in [0.717, 1.165) is 0 Å². The van der Waals surface area contributed by atoms with Crippen molar-refractivity contribution < 1.29 is 0 Å². The van der Waals surface area contributed by atoms with Crippen LogP contribution in [-0.2, 0) is 0 Å². The minimum absolute atomic E-state index is 0. The fourth-order valence-corrected chi connectivity index (χ4v) is 0.881. The van der Waals surface area contributed by atoms with Crippen molar-refractivity contribution in [2.75, 3.05) is 0 Å². The van der Waals surface area contributed by atoms with Crippen molar-refractivity contribution in [1.82, 2.24) is 4.98 Å². The molecule has 10 heavy (non-hydrogen) atoms. The van der Waals surface area contributed by atoms with E-state index in [9.17, 15) is 0 Å². The molecule has 0 aliphatic heterocycles. The molecule has 1 radical (unpaired) electrons. The monoisotopic (exact) mass is 204 g/mol. The molecule has 0 aliphatic rings. The summed E-state index contributed by atoms with van der Waals surface area (Å²) in [6.45, 7) is 0. The van der Waals surface area contributed by atoms with Gasteiger partial charge in [-0.25, -0.2) is 4.98 Å². The summed E-state index contributed by atoms with van der Waals surface area (Å²) in [7, 11) is 0. The molecule has 0 aromatic carbocycles. The third-order valence-electron chi connectivity index (χ3n) is 0.763. The van der Waals surface area contributed by atoms with Gasteiger partial charge < -0.3 is 0 Å². The average molecular weight is 205 g/mol. The molecule has 0 saturated heterocycles. The fraction of sp³-hybridized carbons (Fsp3) is 0. The van der Waals surface area contributed by atoms with Gasteiger partial charge in [0.15, 0.2) is 0 Å². The third kappa shape index (κ3) is 2.95. The molecule has 0 N–H and O–H groups in total. The molecule has 1 aromatic rings. The van der Waals surface area contributed by atoms with Crippen molar-refractivity contribution in [2.24, 2.45) is 0 Å². The van der Waals surface area contributed by atoms with Crippen LogP contribution in [0.15, 0.2) is 12.3 Å². The molecule has 1 aromatic heterocycles. The van der Waals surface area contributed by atoms with Gasteiger partial charge in [-0.1, -0.05) is 34.8 Å². The first-order valence-corrected chi connectivity index (χ1v) is 3.30. The van der Waals surface area contributed by atoms with E-state index in [1.165, 1.54) is 6.20 Å². The molecule has 1 heterocycles. The topological polar surface area (TPSA) is 12.9 Å². The second-order valence-corrected chi connectivity index (χ2v) is 2.63. The van der Waals surface area contributed by atoms with Gasteiger partial charge in [-0.3, -0.25) is 0 Å². The molecule has 0 atom stereocenters. The van der Waals surface area contributed by atoms with Gasteiger partial charge in [0, 0.05) is 35.8 Å². The van der Waals surface area contributed by atoms with Gasteiger partial charge in [-0.2, -0.15) is 0 Å². The fourth-order valence-electron chi connectivity index (χ4n) is 0.398. The summed E-state index contributed by atoms with van der Waals surface area (Å²) in [4.78, 5) is 3.68. The van der Waals surface area contributed by atoms with Gasteiger partial charge in [-0.05, 0) is 6.07 Å². The normalized spacial score (nSPS) is 8.70. The molecule has 5 heteroatoms. The molecule has 49 valence electrons. The number of halogens is 3. The quantitative estimate of drug-likeness (QED) is 0.469. The van der Waals surface area contributed by atoms with Gasteiger partial charge in [0.1, 0.15) is 5.15 Å². The molecule has 0 aliphatic carbocycles. The van der Waals surface area contributed by atoms with Crippen LogP contribution in [0.1, 0.15) is 0 Å².